The fraction of sp³-hybridized carbons (Fsp3) is 0.296. The van der Waals surface area contributed by atoms with E-state index in [9.17, 15) is 14.4 Å². The van der Waals surface area contributed by atoms with Gasteiger partial charge in [0.15, 0.2) is 11.5 Å². The second-order valence-electron chi connectivity index (χ2n) is 8.65. The quantitative estimate of drug-likeness (QED) is 0.448. The van der Waals surface area contributed by atoms with E-state index < -0.39 is 11.9 Å². The highest BCUT2D eigenvalue weighted by atomic mass is 32.1. The number of amides is 3. The summed E-state index contributed by atoms with van der Waals surface area (Å²) >= 11 is 1.28. The molecule has 0 spiro atoms. The van der Waals surface area contributed by atoms with Gasteiger partial charge in [0.25, 0.3) is 5.91 Å². The number of ether oxygens (including phenoxy) is 3. The molecule has 0 radical (unpaired) electrons. The number of nitrogens with one attached hydrogen (secondary N) is 2. The molecule has 10 heteroatoms. The maximum absolute atomic E-state index is 13.7. The SMILES string of the molecule is O=C(NCC(=O)N(c1ccc2c(c1)OCO2)[C@H](C(=O)NC[C@H]1CCCO1)c1ccccc1)c1cccs1. The first-order valence-corrected chi connectivity index (χ1v) is 13.0. The minimum absolute atomic E-state index is 0.0554. The summed E-state index contributed by atoms with van der Waals surface area (Å²) in [6.45, 7) is 0.802. The lowest BCUT2D eigenvalue weighted by atomic mass is 10.0. The Balaban J connectivity index is 1.46. The molecule has 9 nitrogen and oxygen atoms in total. The third kappa shape index (κ3) is 5.76. The molecule has 2 aliphatic heterocycles. The number of carbonyl (C=O) groups is 3. The lowest BCUT2D eigenvalue weighted by Crippen LogP contribution is -2.48. The van der Waals surface area contributed by atoms with Crippen molar-refractivity contribution in [1.82, 2.24) is 10.6 Å². The minimum Gasteiger partial charge on any atom is -0.454 e. The second kappa shape index (κ2) is 11.4. The zero-order valence-corrected chi connectivity index (χ0v) is 20.9. The Morgan fingerprint density at radius 2 is 1.84 bits per heavy atom. The largest absolute Gasteiger partial charge is 0.454 e. The van der Waals surface area contributed by atoms with Crippen LogP contribution in [0.5, 0.6) is 11.5 Å². The van der Waals surface area contributed by atoms with Crippen LogP contribution in [-0.4, -0.2) is 50.3 Å². The van der Waals surface area contributed by atoms with Gasteiger partial charge in [0, 0.05) is 24.9 Å². The monoisotopic (exact) mass is 521 g/mol. The Morgan fingerprint density at radius 3 is 2.59 bits per heavy atom. The van der Waals surface area contributed by atoms with E-state index >= 15 is 0 Å². The van der Waals surface area contributed by atoms with Gasteiger partial charge in [0.1, 0.15) is 6.04 Å². The van der Waals surface area contributed by atoms with Gasteiger partial charge >= 0.3 is 0 Å². The first-order chi connectivity index (χ1) is 18.1. The first-order valence-electron chi connectivity index (χ1n) is 12.1. The number of thiophene rings is 1. The van der Waals surface area contributed by atoms with E-state index in [-0.39, 0.29) is 31.3 Å². The van der Waals surface area contributed by atoms with Gasteiger partial charge in [-0.15, -0.1) is 11.3 Å². The van der Waals surface area contributed by atoms with Gasteiger partial charge in [0.2, 0.25) is 18.6 Å². The van der Waals surface area contributed by atoms with Crippen LogP contribution in [0.15, 0.2) is 66.0 Å². The average Bonchev–Trinajstić information content (AvgIpc) is 3.72. The number of carbonyl (C=O) groups excluding carboxylic acids is 3. The molecule has 3 aromatic rings. The molecular weight excluding hydrogens is 494 g/mol. The van der Waals surface area contributed by atoms with E-state index in [0.29, 0.717) is 40.8 Å². The molecule has 37 heavy (non-hydrogen) atoms. The number of benzene rings is 2. The number of fused-ring (bicyclic) bond motifs is 1. The maximum atomic E-state index is 13.7. The first kappa shape index (κ1) is 24.8. The molecule has 0 unspecified atom stereocenters. The molecular formula is C27H27N3O6S. The van der Waals surface area contributed by atoms with Crippen molar-refractivity contribution in [1.29, 1.82) is 0 Å². The Bertz CT molecular complexity index is 1240. The Hall–Kier alpha value is -3.89. The highest BCUT2D eigenvalue weighted by molar-refractivity contribution is 7.12. The second-order valence-corrected chi connectivity index (χ2v) is 9.60. The molecule has 2 aromatic carbocycles. The standard InChI is InChI=1S/C27H27N3O6S/c31-24(16-29-26(32)23-9-5-13-37-23)30(19-10-11-21-22(14-19)36-17-35-21)25(18-6-2-1-3-7-18)27(33)28-15-20-8-4-12-34-20/h1-3,5-7,9-11,13-14,20,25H,4,8,12,15-17H2,(H,28,33)(H,29,32)/t20-,25+/m1/s1. The van der Waals surface area contributed by atoms with E-state index in [1.807, 2.05) is 18.2 Å². The van der Waals surface area contributed by atoms with Gasteiger partial charge in [-0.05, 0) is 42.0 Å². The molecule has 2 atom stereocenters. The predicted octanol–water partition coefficient (Wildman–Crippen LogP) is 3.28. The van der Waals surface area contributed by atoms with Crippen LogP contribution in [0.2, 0.25) is 0 Å². The summed E-state index contributed by atoms with van der Waals surface area (Å²) < 4.78 is 16.6. The summed E-state index contributed by atoms with van der Waals surface area (Å²) in [5.41, 5.74) is 1.07. The van der Waals surface area contributed by atoms with Gasteiger partial charge in [-0.25, -0.2) is 0 Å². The lowest BCUT2D eigenvalue weighted by Gasteiger charge is -2.32. The van der Waals surface area contributed by atoms with Gasteiger partial charge in [-0.1, -0.05) is 36.4 Å². The summed E-state index contributed by atoms with van der Waals surface area (Å²) in [4.78, 5) is 41.9. The highest BCUT2D eigenvalue weighted by Gasteiger charge is 2.34. The zero-order chi connectivity index (χ0) is 25.6. The zero-order valence-electron chi connectivity index (χ0n) is 20.1. The number of nitrogens with zero attached hydrogens (tertiary/aromatic N) is 1. The minimum atomic E-state index is -0.992. The molecule has 3 heterocycles. The van der Waals surface area contributed by atoms with Crippen LogP contribution in [0.1, 0.15) is 34.1 Å². The highest BCUT2D eigenvalue weighted by Crippen LogP contribution is 2.38. The smallest absolute Gasteiger partial charge is 0.261 e. The van der Waals surface area contributed by atoms with Crippen LogP contribution < -0.4 is 25.0 Å². The van der Waals surface area contributed by atoms with Crippen LogP contribution in [0.4, 0.5) is 5.69 Å². The summed E-state index contributed by atoms with van der Waals surface area (Å²) in [7, 11) is 0. The van der Waals surface area contributed by atoms with Crippen molar-refractivity contribution in [3.8, 4) is 11.5 Å². The Kier molecular flexibility index (Phi) is 7.67. The molecule has 192 valence electrons. The summed E-state index contributed by atoms with van der Waals surface area (Å²) in [5, 5.41) is 7.44. The van der Waals surface area contributed by atoms with Crippen molar-refractivity contribution in [3.05, 3.63) is 76.5 Å². The number of hydrogen-bond acceptors (Lipinski definition) is 7. The summed E-state index contributed by atoms with van der Waals surface area (Å²) in [6.07, 6.45) is 1.77. The molecule has 0 saturated carbocycles. The number of hydrogen-bond donors (Lipinski definition) is 2. The Labute approximate surface area is 218 Å². The van der Waals surface area contributed by atoms with Crippen LogP contribution in [0.3, 0.4) is 0 Å². The fourth-order valence-corrected chi connectivity index (χ4v) is 5.02. The van der Waals surface area contributed by atoms with E-state index in [4.69, 9.17) is 14.2 Å². The van der Waals surface area contributed by atoms with E-state index in [1.165, 1.54) is 16.2 Å². The van der Waals surface area contributed by atoms with Crippen LogP contribution in [0.25, 0.3) is 0 Å². The van der Waals surface area contributed by atoms with Crippen LogP contribution in [-0.2, 0) is 14.3 Å². The van der Waals surface area contributed by atoms with Crippen molar-refractivity contribution in [2.24, 2.45) is 0 Å². The van der Waals surface area contributed by atoms with E-state index in [0.717, 1.165) is 12.8 Å². The molecule has 2 N–H and O–H groups in total. The molecule has 3 amide bonds. The van der Waals surface area contributed by atoms with E-state index in [2.05, 4.69) is 10.6 Å². The summed E-state index contributed by atoms with van der Waals surface area (Å²) in [6, 6.07) is 16.6. The molecule has 1 saturated heterocycles. The van der Waals surface area contributed by atoms with Crippen molar-refractivity contribution < 1.29 is 28.6 Å². The van der Waals surface area contributed by atoms with Crippen LogP contribution in [0, 0.1) is 0 Å². The van der Waals surface area contributed by atoms with Crippen molar-refractivity contribution in [2.75, 3.05) is 31.4 Å². The van der Waals surface area contributed by atoms with Crippen molar-refractivity contribution in [2.45, 2.75) is 25.0 Å². The molecule has 0 bridgehead atoms. The molecule has 1 fully saturated rings. The lowest BCUT2D eigenvalue weighted by molar-refractivity contribution is -0.126. The third-order valence-corrected chi connectivity index (χ3v) is 7.07. The number of anilines is 1. The molecule has 5 rings (SSSR count). The summed E-state index contributed by atoms with van der Waals surface area (Å²) in [5.74, 6) is -0.124. The average molecular weight is 522 g/mol. The van der Waals surface area contributed by atoms with Crippen molar-refractivity contribution >= 4 is 34.7 Å². The third-order valence-electron chi connectivity index (χ3n) is 6.20. The Morgan fingerprint density at radius 1 is 1.00 bits per heavy atom. The van der Waals surface area contributed by atoms with Gasteiger partial charge in [-0.3, -0.25) is 19.3 Å². The topological polar surface area (TPSA) is 106 Å². The maximum Gasteiger partial charge on any atom is 0.261 e. The molecule has 0 aliphatic carbocycles. The fourth-order valence-electron chi connectivity index (χ4n) is 4.38. The number of rotatable bonds is 9. The predicted molar refractivity (Wildman–Crippen MR) is 138 cm³/mol. The van der Waals surface area contributed by atoms with Gasteiger partial charge in [-0.2, -0.15) is 0 Å². The van der Waals surface area contributed by atoms with Gasteiger partial charge in [0.05, 0.1) is 17.5 Å². The van der Waals surface area contributed by atoms with Gasteiger partial charge < -0.3 is 24.8 Å². The van der Waals surface area contributed by atoms with E-state index in [1.54, 1.807) is 47.8 Å². The van der Waals surface area contributed by atoms with Crippen molar-refractivity contribution in [3.63, 3.8) is 0 Å². The normalized spacial score (nSPS) is 16.7. The molecule has 1 aromatic heterocycles. The van der Waals surface area contributed by atoms with Crippen LogP contribution >= 0.6 is 11.3 Å². The molecule has 2 aliphatic rings.